The van der Waals surface area contributed by atoms with E-state index in [9.17, 15) is 0 Å². The maximum Gasteiger partial charge on any atom is 0.0550 e. The smallest absolute Gasteiger partial charge is 0.0550 e. The Hall–Kier alpha value is -1.09. The van der Waals surface area contributed by atoms with Crippen LogP contribution in [0.1, 0.15) is 6.42 Å². The minimum atomic E-state index is 1.07. The topological polar surface area (TPSA) is 19.4 Å². The number of anilines is 1. The minimum absolute atomic E-state index is 1.07. The molecule has 1 aromatic rings. The fraction of sp³-hybridized carbons (Fsp3) is 0.545. The van der Waals surface area contributed by atoms with E-state index in [1.807, 2.05) is 12.3 Å². The molecule has 0 spiro atoms. The van der Waals surface area contributed by atoms with Crippen LogP contribution in [0.25, 0.3) is 0 Å². The van der Waals surface area contributed by atoms with Crippen LogP contribution < -0.4 is 4.90 Å². The van der Waals surface area contributed by atoms with Crippen molar-refractivity contribution < 1.29 is 0 Å². The summed E-state index contributed by atoms with van der Waals surface area (Å²) in [7, 11) is 6.31. The van der Waals surface area contributed by atoms with Gasteiger partial charge < -0.3 is 9.80 Å². The van der Waals surface area contributed by atoms with Crippen molar-refractivity contribution in [3.63, 3.8) is 0 Å². The van der Waals surface area contributed by atoms with Crippen LogP contribution in [0.2, 0.25) is 0 Å². The van der Waals surface area contributed by atoms with E-state index in [0.717, 1.165) is 13.1 Å². The van der Waals surface area contributed by atoms with Gasteiger partial charge in [0, 0.05) is 19.8 Å². The molecule has 1 heterocycles. The van der Waals surface area contributed by atoms with E-state index in [1.165, 1.54) is 12.1 Å². The highest BCUT2D eigenvalue weighted by molar-refractivity contribution is 5.42. The molecule has 0 fully saturated rings. The molecule has 0 N–H and O–H groups in total. The maximum atomic E-state index is 4.10. The average molecular weight is 193 g/mol. The van der Waals surface area contributed by atoms with Crippen molar-refractivity contribution in [1.82, 2.24) is 9.88 Å². The van der Waals surface area contributed by atoms with E-state index in [1.54, 1.807) is 6.20 Å². The summed E-state index contributed by atoms with van der Waals surface area (Å²) in [4.78, 5) is 8.53. The van der Waals surface area contributed by atoms with Gasteiger partial charge in [0.2, 0.25) is 0 Å². The van der Waals surface area contributed by atoms with Crippen LogP contribution >= 0.6 is 0 Å². The Morgan fingerprint density at radius 1 is 1.21 bits per heavy atom. The zero-order chi connectivity index (χ0) is 10.4. The van der Waals surface area contributed by atoms with Crippen molar-refractivity contribution in [3.8, 4) is 0 Å². The summed E-state index contributed by atoms with van der Waals surface area (Å²) in [6, 6.07) is 4.06. The Balaban J connectivity index is 2.32. The molecule has 0 aliphatic carbocycles. The lowest BCUT2D eigenvalue weighted by Gasteiger charge is -2.19. The van der Waals surface area contributed by atoms with E-state index < -0.39 is 0 Å². The van der Waals surface area contributed by atoms with Gasteiger partial charge in [-0.15, -0.1) is 0 Å². The lowest BCUT2D eigenvalue weighted by Crippen LogP contribution is -2.23. The second-order valence-electron chi connectivity index (χ2n) is 3.79. The van der Waals surface area contributed by atoms with Crippen molar-refractivity contribution >= 4 is 5.69 Å². The van der Waals surface area contributed by atoms with E-state index in [-0.39, 0.29) is 0 Å². The third kappa shape index (κ3) is 3.75. The highest BCUT2D eigenvalue weighted by Gasteiger charge is 1.99. The quantitative estimate of drug-likeness (QED) is 0.706. The molecule has 1 aromatic heterocycles. The summed E-state index contributed by atoms with van der Waals surface area (Å²) in [5.74, 6) is 0. The van der Waals surface area contributed by atoms with Crippen molar-refractivity contribution in [2.45, 2.75) is 6.42 Å². The molecule has 78 valence electrons. The molecule has 0 saturated heterocycles. The van der Waals surface area contributed by atoms with Gasteiger partial charge in [0.25, 0.3) is 0 Å². The van der Waals surface area contributed by atoms with Crippen LogP contribution in [-0.4, -0.2) is 44.1 Å². The van der Waals surface area contributed by atoms with Gasteiger partial charge in [0.05, 0.1) is 11.9 Å². The normalized spacial score (nSPS) is 10.6. The Bertz CT molecular complexity index is 246. The summed E-state index contributed by atoms with van der Waals surface area (Å²) >= 11 is 0. The van der Waals surface area contributed by atoms with Gasteiger partial charge in [-0.25, -0.2) is 0 Å². The van der Waals surface area contributed by atoms with Crippen molar-refractivity contribution in [2.75, 3.05) is 39.1 Å². The van der Waals surface area contributed by atoms with Gasteiger partial charge in [-0.3, -0.25) is 4.98 Å². The van der Waals surface area contributed by atoms with Crippen LogP contribution in [0.4, 0.5) is 5.69 Å². The summed E-state index contributed by atoms with van der Waals surface area (Å²) in [5.41, 5.74) is 1.19. The fourth-order valence-electron chi connectivity index (χ4n) is 1.33. The Labute approximate surface area is 86.4 Å². The molecular weight excluding hydrogens is 174 g/mol. The minimum Gasteiger partial charge on any atom is -0.373 e. The van der Waals surface area contributed by atoms with Crippen LogP contribution in [0.15, 0.2) is 24.5 Å². The second kappa shape index (κ2) is 5.60. The second-order valence-corrected chi connectivity index (χ2v) is 3.79. The number of hydrogen-bond acceptors (Lipinski definition) is 3. The molecule has 0 amide bonds. The van der Waals surface area contributed by atoms with E-state index in [0.29, 0.717) is 0 Å². The van der Waals surface area contributed by atoms with Gasteiger partial charge in [-0.05, 0) is 39.2 Å². The number of hydrogen-bond donors (Lipinski definition) is 0. The van der Waals surface area contributed by atoms with E-state index in [4.69, 9.17) is 0 Å². The lowest BCUT2D eigenvalue weighted by molar-refractivity contribution is 0.401. The van der Waals surface area contributed by atoms with Gasteiger partial charge in [-0.2, -0.15) is 0 Å². The molecule has 0 atom stereocenters. The molecule has 0 unspecified atom stereocenters. The average Bonchev–Trinajstić information content (AvgIpc) is 2.18. The predicted octanol–water partition coefficient (Wildman–Crippen LogP) is 1.47. The third-order valence-electron chi connectivity index (χ3n) is 2.19. The molecule has 0 saturated carbocycles. The Kier molecular flexibility index (Phi) is 4.40. The van der Waals surface area contributed by atoms with Crippen molar-refractivity contribution in [3.05, 3.63) is 24.5 Å². The highest BCUT2D eigenvalue weighted by atomic mass is 15.1. The number of rotatable bonds is 5. The van der Waals surface area contributed by atoms with E-state index in [2.05, 4.69) is 42.0 Å². The van der Waals surface area contributed by atoms with Crippen LogP contribution in [0.3, 0.4) is 0 Å². The van der Waals surface area contributed by atoms with Crippen LogP contribution in [0.5, 0.6) is 0 Å². The summed E-state index contributed by atoms with van der Waals surface area (Å²) in [6.07, 6.45) is 4.88. The summed E-state index contributed by atoms with van der Waals surface area (Å²) < 4.78 is 0. The van der Waals surface area contributed by atoms with Crippen molar-refractivity contribution in [1.29, 1.82) is 0 Å². The highest BCUT2D eigenvalue weighted by Crippen LogP contribution is 2.08. The molecule has 0 aromatic carbocycles. The largest absolute Gasteiger partial charge is 0.373 e. The van der Waals surface area contributed by atoms with Crippen LogP contribution in [-0.2, 0) is 0 Å². The fourth-order valence-corrected chi connectivity index (χ4v) is 1.33. The standard InChI is InChI=1S/C11H19N3/c1-13(2)8-5-9-14(3)11-6-4-7-12-10-11/h4,6-7,10H,5,8-9H2,1-3H3. The summed E-state index contributed by atoms with van der Waals surface area (Å²) in [5, 5.41) is 0. The van der Waals surface area contributed by atoms with Gasteiger partial charge >= 0.3 is 0 Å². The molecular formula is C11H19N3. The van der Waals surface area contributed by atoms with Gasteiger partial charge in [-0.1, -0.05) is 0 Å². The number of pyridine rings is 1. The zero-order valence-electron chi connectivity index (χ0n) is 9.27. The molecule has 14 heavy (non-hydrogen) atoms. The molecule has 1 rings (SSSR count). The predicted molar refractivity (Wildman–Crippen MR) is 60.7 cm³/mol. The molecule has 3 nitrogen and oxygen atoms in total. The number of nitrogens with zero attached hydrogens (tertiary/aromatic N) is 3. The van der Waals surface area contributed by atoms with Gasteiger partial charge in [0.15, 0.2) is 0 Å². The first kappa shape index (κ1) is 11.0. The SMILES string of the molecule is CN(C)CCCN(C)c1cccnc1. The molecule has 0 bridgehead atoms. The van der Waals surface area contributed by atoms with Crippen LogP contribution in [0, 0.1) is 0 Å². The Morgan fingerprint density at radius 2 is 2.00 bits per heavy atom. The van der Waals surface area contributed by atoms with Crippen molar-refractivity contribution in [2.24, 2.45) is 0 Å². The Morgan fingerprint density at radius 3 is 2.57 bits per heavy atom. The first-order chi connectivity index (χ1) is 6.70. The number of aromatic nitrogens is 1. The monoisotopic (exact) mass is 193 g/mol. The first-order valence-corrected chi connectivity index (χ1v) is 4.96. The lowest BCUT2D eigenvalue weighted by atomic mass is 10.3. The molecule has 0 radical (unpaired) electrons. The molecule has 0 aliphatic heterocycles. The summed E-state index contributed by atoms with van der Waals surface area (Å²) in [6.45, 7) is 2.20. The zero-order valence-corrected chi connectivity index (χ0v) is 9.27. The van der Waals surface area contributed by atoms with Gasteiger partial charge in [0.1, 0.15) is 0 Å². The van der Waals surface area contributed by atoms with E-state index >= 15 is 0 Å². The molecule has 3 heteroatoms. The first-order valence-electron chi connectivity index (χ1n) is 4.96. The molecule has 0 aliphatic rings. The third-order valence-corrected chi connectivity index (χ3v) is 2.19. The maximum absolute atomic E-state index is 4.10.